The van der Waals surface area contributed by atoms with Gasteiger partial charge in [-0.2, -0.15) is 0 Å². The third-order valence-corrected chi connectivity index (χ3v) is 4.04. The van der Waals surface area contributed by atoms with Crippen LogP contribution in [0.3, 0.4) is 0 Å². The molecule has 1 heterocycles. The Morgan fingerprint density at radius 3 is 2.77 bits per heavy atom. The van der Waals surface area contributed by atoms with Gasteiger partial charge in [-0.1, -0.05) is 11.3 Å². The van der Waals surface area contributed by atoms with Gasteiger partial charge in [-0.15, -0.1) is 10.2 Å². The van der Waals surface area contributed by atoms with E-state index in [0.717, 1.165) is 29.3 Å². The molecule has 0 radical (unpaired) electrons. The van der Waals surface area contributed by atoms with E-state index in [4.69, 9.17) is 4.74 Å². The number of hydrogen-bond donors (Lipinski definition) is 1. The van der Waals surface area contributed by atoms with Gasteiger partial charge in [0.15, 0.2) is 0 Å². The molecule has 0 saturated carbocycles. The zero-order chi connectivity index (χ0) is 16.1. The van der Waals surface area contributed by atoms with Crippen molar-refractivity contribution in [1.82, 2.24) is 15.1 Å². The molecule has 1 aromatic heterocycles. The van der Waals surface area contributed by atoms with Crippen LogP contribution in [0.1, 0.15) is 20.9 Å². The van der Waals surface area contributed by atoms with Crippen molar-refractivity contribution in [3.63, 3.8) is 0 Å². The first-order chi connectivity index (χ1) is 10.5. The van der Waals surface area contributed by atoms with Gasteiger partial charge in [0.25, 0.3) is 5.91 Å². The topological polar surface area (TPSA) is 67.3 Å². The van der Waals surface area contributed by atoms with Crippen LogP contribution in [0.25, 0.3) is 0 Å². The molecule has 0 aliphatic heterocycles. The fourth-order valence-electron chi connectivity index (χ4n) is 1.91. The maximum atomic E-state index is 12.3. The summed E-state index contributed by atoms with van der Waals surface area (Å²) in [6, 6.07) is 5.35. The summed E-state index contributed by atoms with van der Waals surface area (Å²) in [5.74, 6) is 0.548. The molecule has 0 atom stereocenters. The highest BCUT2D eigenvalue weighted by Gasteiger charge is 2.13. The predicted molar refractivity (Wildman–Crippen MR) is 87.9 cm³/mol. The van der Waals surface area contributed by atoms with Crippen LogP contribution in [0.5, 0.6) is 5.75 Å². The lowest BCUT2D eigenvalue weighted by molar-refractivity contribution is 0.102. The summed E-state index contributed by atoms with van der Waals surface area (Å²) in [5.41, 5.74) is 1.46. The number of carbonyl (C=O) groups excluding carboxylic acids is 1. The number of anilines is 1. The highest BCUT2D eigenvalue weighted by atomic mass is 32.1. The number of amides is 1. The van der Waals surface area contributed by atoms with E-state index < -0.39 is 0 Å². The summed E-state index contributed by atoms with van der Waals surface area (Å²) in [6.07, 6.45) is 0.822. The molecule has 2 rings (SSSR count). The predicted octanol–water partition coefficient (Wildman–Crippen LogP) is 2.21. The van der Waals surface area contributed by atoms with Crippen LogP contribution >= 0.6 is 11.3 Å². The van der Waals surface area contributed by atoms with Gasteiger partial charge < -0.3 is 9.64 Å². The number of hydrogen-bond acceptors (Lipinski definition) is 6. The van der Waals surface area contributed by atoms with Gasteiger partial charge in [-0.05, 0) is 44.8 Å². The Kier molecular flexibility index (Phi) is 5.46. The van der Waals surface area contributed by atoms with Crippen LogP contribution in [0, 0.1) is 6.92 Å². The average molecular weight is 320 g/mol. The highest BCUT2D eigenvalue weighted by molar-refractivity contribution is 7.15. The van der Waals surface area contributed by atoms with Crippen LogP contribution in [0.15, 0.2) is 18.2 Å². The summed E-state index contributed by atoms with van der Waals surface area (Å²) in [6.45, 7) is 2.78. The minimum absolute atomic E-state index is 0.185. The van der Waals surface area contributed by atoms with Gasteiger partial charge in [0.2, 0.25) is 5.13 Å². The lowest BCUT2D eigenvalue weighted by Crippen LogP contribution is -2.14. The first-order valence-electron chi connectivity index (χ1n) is 6.92. The largest absolute Gasteiger partial charge is 0.497 e. The third kappa shape index (κ3) is 4.25. The summed E-state index contributed by atoms with van der Waals surface area (Å²) in [7, 11) is 5.62. The Labute approximate surface area is 134 Å². The van der Waals surface area contributed by atoms with Crippen LogP contribution in [-0.4, -0.2) is 48.8 Å². The molecule has 22 heavy (non-hydrogen) atoms. The van der Waals surface area contributed by atoms with Gasteiger partial charge in [-0.25, -0.2) is 0 Å². The summed E-state index contributed by atoms with van der Waals surface area (Å²) >= 11 is 1.41. The number of methoxy groups -OCH3 is 1. The van der Waals surface area contributed by atoms with Crippen molar-refractivity contribution in [3.05, 3.63) is 34.3 Å². The number of likely N-dealkylation sites (N-methyl/N-ethyl adjacent to an activating group) is 1. The minimum atomic E-state index is -0.185. The molecule has 1 amide bonds. The molecule has 0 bridgehead atoms. The molecule has 2 aromatic rings. The van der Waals surface area contributed by atoms with Crippen molar-refractivity contribution in [2.75, 3.05) is 33.1 Å². The molecule has 6 nitrogen and oxygen atoms in total. The SMILES string of the molecule is COc1ccc(C(=O)Nc2nnc(CCN(C)C)s2)c(C)c1. The molecule has 1 N–H and O–H groups in total. The van der Waals surface area contributed by atoms with Crippen molar-refractivity contribution < 1.29 is 9.53 Å². The van der Waals surface area contributed by atoms with Crippen molar-refractivity contribution >= 4 is 22.4 Å². The molecule has 1 aromatic carbocycles. The highest BCUT2D eigenvalue weighted by Crippen LogP contribution is 2.20. The van der Waals surface area contributed by atoms with E-state index >= 15 is 0 Å². The minimum Gasteiger partial charge on any atom is -0.497 e. The van der Waals surface area contributed by atoms with E-state index in [9.17, 15) is 4.79 Å². The fourth-order valence-corrected chi connectivity index (χ4v) is 2.63. The van der Waals surface area contributed by atoms with Crippen molar-refractivity contribution in [2.24, 2.45) is 0 Å². The smallest absolute Gasteiger partial charge is 0.257 e. The second kappa shape index (κ2) is 7.33. The maximum absolute atomic E-state index is 12.3. The third-order valence-electron chi connectivity index (χ3n) is 3.14. The van der Waals surface area contributed by atoms with Crippen molar-refractivity contribution in [2.45, 2.75) is 13.3 Å². The van der Waals surface area contributed by atoms with Gasteiger partial charge in [0, 0.05) is 18.5 Å². The fraction of sp³-hybridized carbons (Fsp3) is 0.400. The molecule has 0 saturated heterocycles. The Hall–Kier alpha value is -1.99. The summed E-state index contributed by atoms with van der Waals surface area (Å²) in [5, 5.41) is 12.3. The summed E-state index contributed by atoms with van der Waals surface area (Å²) in [4.78, 5) is 14.4. The summed E-state index contributed by atoms with van der Waals surface area (Å²) < 4.78 is 5.14. The van der Waals surface area contributed by atoms with Crippen LogP contribution in [0.2, 0.25) is 0 Å². The molecule has 0 fully saturated rings. The average Bonchev–Trinajstić information content (AvgIpc) is 2.92. The lowest BCUT2D eigenvalue weighted by Gasteiger charge is -2.07. The first kappa shape index (κ1) is 16.4. The number of nitrogens with one attached hydrogen (secondary N) is 1. The Morgan fingerprint density at radius 2 is 2.14 bits per heavy atom. The number of aromatic nitrogens is 2. The normalized spacial score (nSPS) is 10.8. The lowest BCUT2D eigenvalue weighted by atomic mass is 10.1. The number of ether oxygens (including phenoxy) is 1. The van der Waals surface area contributed by atoms with Crippen molar-refractivity contribution in [3.8, 4) is 5.75 Å². The first-order valence-corrected chi connectivity index (χ1v) is 7.74. The van der Waals surface area contributed by atoms with Crippen LogP contribution < -0.4 is 10.1 Å². The molecule has 0 unspecified atom stereocenters. The van der Waals surface area contributed by atoms with E-state index in [2.05, 4.69) is 20.4 Å². The number of aryl methyl sites for hydroxylation is 1. The number of benzene rings is 1. The Bertz CT molecular complexity index is 655. The number of nitrogens with zero attached hydrogens (tertiary/aromatic N) is 3. The monoisotopic (exact) mass is 320 g/mol. The standard InChI is InChI=1S/C15H20N4O2S/c1-10-9-11(21-4)5-6-12(10)14(20)16-15-18-17-13(22-15)7-8-19(2)3/h5-6,9H,7-8H2,1-4H3,(H,16,18,20). The number of carbonyl (C=O) groups is 1. The molecule has 0 aliphatic rings. The molecule has 7 heteroatoms. The zero-order valence-corrected chi connectivity index (χ0v) is 14.0. The van der Waals surface area contributed by atoms with Gasteiger partial charge in [0.1, 0.15) is 10.8 Å². The van der Waals surface area contributed by atoms with Crippen LogP contribution in [-0.2, 0) is 6.42 Å². The molecule has 118 valence electrons. The quantitative estimate of drug-likeness (QED) is 0.884. The second-order valence-corrected chi connectivity index (χ2v) is 6.25. The van der Waals surface area contributed by atoms with Gasteiger partial charge in [0.05, 0.1) is 7.11 Å². The molecular weight excluding hydrogens is 300 g/mol. The van der Waals surface area contributed by atoms with Crippen molar-refractivity contribution in [1.29, 1.82) is 0 Å². The van der Waals surface area contributed by atoms with E-state index in [1.165, 1.54) is 11.3 Å². The van der Waals surface area contributed by atoms with Crippen LogP contribution in [0.4, 0.5) is 5.13 Å². The molecule has 0 aliphatic carbocycles. The number of rotatable bonds is 6. The zero-order valence-electron chi connectivity index (χ0n) is 13.2. The van der Waals surface area contributed by atoms with Gasteiger partial charge >= 0.3 is 0 Å². The molecular formula is C15H20N4O2S. The van der Waals surface area contributed by atoms with E-state index in [-0.39, 0.29) is 5.91 Å². The Balaban J connectivity index is 2.03. The van der Waals surface area contributed by atoms with E-state index in [1.807, 2.05) is 27.1 Å². The molecule has 0 spiro atoms. The van der Waals surface area contributed by atoms with E-state index in [0.29, 0.717) is 10.7 Å². The second-order valence-electron chi connectivity index (χ2n) is 5.19. The maximum Gasteiger partial charge on any atom is 0.257 e. The van der Waals surface area contributed by atoms with Gasteiger partial charge in [-0.3, -0.25) is 10.1 Å². The Morgan fingerprint density at radius 1 is 1.36 bits per heavy atom. The van der Waals surface area contributed by atoms with E-state index in [1.54, 1.807) is 19.2 Å².